The summed E-state index contributed by atoms with van der Waals surface area (Å²) in [4.78, 5) is 24.1. The zero-order valence-corrected chi connectivity index (χ0v) is 29.2. The molecule has 0 saturated carbocycles. The molecule has 5 heterocycles. The van der Waals surface area contributed by atoms with E-state index in [1.807, 2.05) is 25.7 Å². The quantitative estimate of drug-likeness (QED) is 0.188. The van der Waals surface area contributed by atoms with Gasteiger partial charge in [-0.15, -0.1) is 0 Å². The monoisotopic (exact) mass is 703 g/mol. The van der Waals surface area contributed by atoms with Crippen molar-refractivity contribution in [3.8, 4) is 17.2 Å². The van der Waals surface area contributed by atoms with E-state index in [1.54, 1.807) is 42.6 Å². The van der Waals surface area contributed by atoms with Crippen LogP contribution in [0, 0.1) is 24.1 Å². The maximum atomic E-state index is 17.2. The summed E-state index contributed by atoms with van der Waals surface area (Å²) >= 11 is 13.6. The number of aromatic amines is 1. The van der Waals surface area contributed by atoms with Crippen molar-refractivity contribution in [1.29, 1.82) is 5.26 Å². The average Bonchev–Trinajstić information content (AvgIpc) is 3.70. The van der Waals surface area contributed by atoms with Crippen molar-refractivity contribution in [3.63, 3.8) is 0 Å². The molecule has 3 aromatic heterocycles. The highest BCUT2D eigenvalue weighted by molar-refractivity contribution is 6.36. The van der Waals surface area contributed by atoms with Crippen LogP contribution in [0.2, 0.25) is 10.0 Å². The van der Waals surface area contributed by atoms with Crippen LogP contribution < -0.4 is 4.90 Å². The first-order chi connectivity index (χ1) is 23.6. The third kappa shape index (κ3) is 5.68. The maximum Gasteiger partial charge on any atom is 0.246 e. The number of carbonyl (C=O) groups excluding carboxylic acids is 1. The highest BCUT2D eigenvalue weighted by Crippen LogP contribution is 2.45. The molecule has 0 radical (unpaired) electrons. The summed E-state index contributed by atoms with van der Waals surface area (Å²) in [5, 5.41) is 24.4. The Morgan fingerprint density at radius 1 is 1.18 bits per heavy atom. The lowest BCUT2D eigenvalue weighted by molar-refractivity contribution is -0.130. The van der Waals surface area contributed by atoms with Gasteiger partial charge in [-0.1, -0.05) is 29.3 Å². The SMILES string of the molecule is COC/C=C/C(=O)N1CC[C@H](n2ncc3c(N4CC(N(C)C)C4)nc4c(F)c(-c5c(C)c(Cl)cc6[nH]ncc56)c(Cl)cc4c32)C[C@H]1CC#N. The molecule has 11 nitrogen and oxygen atoms in total. The van der Waals surface area contributed by atoms with Crippen molar-refractivity contribution in [2.45, 2.75) is 44.3 Å². The molecule has 14 heteroatoms. The van der Waals surface area contributed by atoms with E-state index in [2.05, 4.69) is 26.1 Å². The lowest BCUT2D eigenvalue weighted by atomic mass is 9.93. The number of hydrogen-bond acceptors (Lipinski definition) is 8. The molecule has 0 aliphatic carbocycles. The molecule has 2 aromatic carbocycles. The fraction of sp³-hybridized carbons (Fsp3) is 0.400. The van der Waals surface area contributed by atoms with Crippen LogP contribution in [0.1, 0.15) is 30.9 Å². The van der Waals surface area contributed by atoms with Crippen LogP contribution in [0.4, 0.5) is 10.2 Å². The summed E-state index contributed by atoms with van der Waals surface area (Å²) in [6.45, 7) is 4.07. The lowest BCUT2D eigenvalue weighted by Crippen LogP contribution is -2.57. The van der Waals surface area contributed by atoms with Crippen molar-refractivity contribution < 1.29 is 13.9 Å². The number of fused-ring (bicyclic) bond motifs is 4. The van der Waals surface area contributed by atoms with Gasteiger partial charge in [0.1, 0.15) is 11.3 Å². The second kappa shape index (κ2) is 13.2. The number of H-pyrrole nitrogens is 1. The number of likely N-dealkylation sites (tertiary alicyclic amines) is 1. The first-order valence-corrected chi connectivity index (χ1v) is 16.9. The number of benzene rings is 2. The van der Waals surface area contributed by atoms with Gasteiger partial charge in [-0.3, -0.25) is 14.6 Å². The van der Waals surface area contributed by atoms with E-state index in [0.717, 1.165) is 24.0 Å². The van der Waals surface area contributed by atoms with Crippen molar-refractivity contribution in [2.24, 2.45) is 0 Å². The Bertz CT molecular complexity index is 2170. The molecular formula is C35H36Cl2FN9O2. The number of amides is 1. The number of nitrogens with one attached hydrogen (secondary N) is 1. The van der Waals surface area contributed by atoms with Crippen LogP contribution in [0.25, 0.3) is 43.8 Å². The summed E-state index contributed by atoms with van der Waals surface area (Å²) in [6.07, 6.45) is 7.90. The van der Waals surface area contributed by atoms with Gasteiger partial charge in [-0.2, -0.15) is 15.5 Å². The second-order valence-corrected chi connectivity index (χ2v) is 13.8. The summed E-state index contributed by atoms with van der Waals surface area (Å²) in [7, 11) is 5.66. The fourth-order valence-corrected chi connectivity index (χ4v) is 7.72. The Kier molecular flexibility index (Phi) is 8.96. The van der Waals surface area contributed by atoms with Gasteiger partial charge >= 0.3 is 0 Å². The zero-order valence-electron chi connectivity index (χ0n) is 27.7. The van der Waals surface area contributed by atoms with Crippen molar-refractivity contribution in [3.05, 3.63) is 58.1 Å². The molecule has 5 aromatic rings. The molecule has 0 unspecified atom stereocenters. The Morgan fingerprint density at radius 3 is 2.71 bits per heavy atom. The Morgan fingerprint density at radius 2 is 1.98 bits per heavy atom. The minimum atomic E-state index is -0.554. The molecule has 0 bridgehead atoms. The van der Waals surface area contributed by atoms with E-state index in [-0.39, 0.29) is 40.5 Å². The largest absolute Gasteiger partial charge is 0.381 e. The number of likely N-dealkylation sites (N-methyl/N-ethyl adjacent to an activating group) is 1. The van der Waals surface area contributed by atoms with Gasteiger partial charge in [0.05, 0.1) is 59.0 Å². The number of aromatic nitrogens is 5. The molecule has 2 aliphatic heterocycles. The standard InChI is InChI=1S/C35H36Cl2FN9O2/c1-19-26(36)14-28-24(15-40-43-28)30(19)31-27(37)13-23-33(32(31)38)42-35(45-17-22(18-45)44(2)3)25-16-41-47(34(23)25)21-8-10-46(20(12-21)7-9-39)29(48)6-5-11-49-4/h5-6,13-16,20-22H,7-8,10-12,17-18H2,1-4H3,(H,40,43)/b6-5+/t20-,21+/m1/s1. The van der Waals surface area contributed by atoms with Gasteiger partial charge in [0.2, 0.25) is 5.91 Å². The smallest absolute Gasteiger partial charge is 0.246 e. The normalized spacial score (nSPS) is 18.8. The number of anilines is 1. The van der Waals surface area contributed by atoms with E-state index in [0.29, 0.717) is 70.3 Å². The number of methoxy groups -OCH3 is 1. The highest BCUT2D eigenvalue weighted by Gasteiger charge is 2.36. The molecule has 0 spiro atoms. The van der Waals surface area contributed by atoms with E-state index in [4.69, 9.17) is 38.0 Å². The number of piperidine rings is 1. The van der Waals surface area contributed by atoms with Gasteiger partial charge in [0, 0.05) is 71.8 Å². The van der Waals surface area contributed by atoms with Gasteiger partial charge in [-0.25, -0.2) is 9.37 Å². The predicted octanol–water partition coefficient (Wildman–Crippen LogP) is 6.28. The maximum absolute atomic E-state index is 17.2. The number of hydrogen-bond donors (Lipinski definition) is 1. The third-order valence-corrected chi connectivity index (χ3v) is 10.6. The molecule has 2 fully saturated rings. The molecule has 2 atom stereocenters. The molecular weight excluding hydrogens is 668 g/mol. The minimum absolute atomic E-state index is 0.157. The molecule has 1 N–H and O–H groups in total. The predicted molar refractivity (Wildman–Crippen MR) is 190 cm³/mol. The minimum Gasteiger partial charge on any atom is -0.381 e. The summed E-state index contributed by atoms with van der Waals surface area (Å²) < 4.78 is 24.2. The van der Waals surface area contributed by atoms with E-state index in [9.17, 15) is 10.1 Å². The molecule has 7 rings (SSSR count). The Hall–Kier alpha value is -4.28. The number of nitriles is 1. The average molecular weight is 705 g/mol. The van der Waals surface area contributed by atoms with E-state index in [1.165, 1.54) is 6.08 Å². The van der Waals surface area contributed by atoms with Gasteiger partial charge in [0.25, 0.3) is 0 Å². The molecule has 2 saturated heterocycles. The van der Waals surface area contributed by atoms with E-state index >= 15 is 4.39 Å². The summed E-state index contributed by atoms with van der Waals surface area (Å²) in [6, 6.07) is 5.65. The number of carbonyl (C=O) groups is 1. The van der Waals surface area contributed by atoms with E-state index < -0.39 is 5.82 Å². The molecule has 254 valence electrons. The number of nitrogens with zero attached hydrogens (tertiary/aromatic N) is 8. The highest BCUT2D eigenvalue weighted by atomic mass is 35.5. The Balaban J connectivity index is 1.39. The zero-order chi connectivity index (χ0) is 34.6. The lowest BCUT2D eigenvalue weighted by Gasteiger charge is -2.43. The molecule has 49 heavy (non-hydrogen) atoms. The topological polar surface area (TPSA) is 119 Å². The van der Waals surface area contributed by atoms with Crippen LogP contribution in [0.15, 0.2) is 36.7 Å². The number of rotatable bonds is 8. The summed E-state index contributed by atoms with van der Waals surface area (Å²) in [5.74, 6) is -0.0583. The van der Waals surface area contributed by atoms with Crippen LogP contribution in [0.3, 0.4) is 0 Å². The fourth-order valence-electron chi connectivity index (χ4n) is 7.23. The molecule has 1 amide bonds. The first-order valence-electron chi connectivity index (χ1n) is 16.2. The third-order valence-electron chi connectivity index (χ3n) is 9.95. The van der Waals surface area contributed by atoms with Crippen molar-refractivity contribution in [2.75, 3.05) is 52.3 Å². The molecule has 2 aliphatic rings. The van der Waals surface area contributed by atoms with Crippen LogP contribution in [-0.4, -0.2) is 100 Å². The summed E-state index contributed by atoms with van der Waals surface area (Å²) in [5.41, 5.74) is 3.02. The van der Waals surface area contributed by atoms with Gasteiger partial charge in [-0.05, 0) is 51.6 Å². The Labute approximate surface area is 292 Å². The van der Waals surface area contributed by atoms with Crippen LogP contribution in [-0.2, 0) is 9.53 Å². The van der Waals surface area contributed by atoms with Crippen LogP contribution in [0.5, 0.6) is 0 Å². The van der Waals surface area contributed by atoms with Crippen molar-refractivity contribution in [1.82, 2.24) is 34.8 Å². The van der Waals surface area contributed by atoms with Crippen molar-refractivity contribution >= 4 is 67.6 Å². The number of halogens is 3. The van der Waals surface area contributed by atoms with Crippen LogP contribution >= 0.6 is 23.2 Å². The van der Waals surface area contributed by atoms with Gasteiger partial charge < -0.3 is 19.4 Å². The first kappa shape index (κ1) is 33.2. The number of ether oxygens (including phenoxy) is 1. The van der Waals surface area contributed by atoms with Gasteiger partial charge in [0.15, 0.2) is 5.82 Å². The number of pyridine rings is 1. The second-order valence-electron chi connectivity index (χ2n) is 13.0.